The van der Waals surface area contributed by atoms with E-state index in [1.54, 1.807) is 12.1 Å². The summed E-state index contributed by atoms with van der Waals surface area (Å²) in [5, 5.41) is 8.84. The number of nitrogens with zero attached hydrogens (tertiary/aromatic N) is 1. The zero-order valence-corrected chi connectivity index (χ0v) is 8.78. The smallest absolute Gasteiger partial charge is 0.338 e. The summed E-state index contributed by atoms with van der Waals surface area (Å²) in [6.07, 6.45) is 2.82. The Morgan fingerprint density at radius 3 is 2.93 bits per heavy atom. The fraction of sp³-hybridized carbons (Fsp3) is 0.0909. The van der Waals surface area contributed by atoms with Crippen molar-refractivity contribution in [2.75, 3.05) is 7.11 Å². The van der Waals surface area contributed by atoms with Crippen molar-refractivity contribution in [3.63, 3.8) is 0 Å². The van der Waals surface area contributed by atoms with E-state index in [-0.39, 0.29) is 0 Å². The van der Waals surface area contributed by atoms with Crippen molar-refractivity contribution in [3.05, 3.63) is 40.4 Å². The van der Waals surface area contributed by atoms with Gasteiger partial charge >= 0.3 is 5.97 Å². The van der Waals surface area contributed by atoms with E-state index in [0.717, 1.165) is 0 Å². The van der Waals surface area contributed by atoms with Gasteiger partial charge in [0.15, 0.2) is 0 Å². The standard InChI is InChI=1S/C11H8ClNO2/c1-15-11(14)10-7-9(12)5-4-8(10)3-2-6-13/h2-5,7H,1H3/b3-2+. The molecule has 3 nitrogen and oxygen atoms in total. The number of ether oxygens (including phenoxy) is 1. The van der Waals surface area contributed by atoms with Gasteiger partial charge in [0, 0.05) is 11.1 Å². The van der Waals surface area contributed by atoms with Gasteiger partial charge in [0.25, 0.3) is 0 Å². The number of methoxy groups -OCH3 is 1. The van der Waals surface area contributed by atoms with Crippen LogP contribution in [0.1, 0.15) is 15.9 Å². The SMILES string of the molecule is COC(=O)c1cc(Cl)ccc1/C=C/C#N. The van der Waals surface area contributed by atoms with Crippen LogP contribution < -0.4 is 0 Å². The minimum absolute atomic E-state index is 0.344. The van der Waals surface area contributed by atoms with Crippen molar-refractivity contribution in [3.8, 4) is 6.07 Å². The van der Waals surface area contributed by atoms with E-state index in [9.17, 15) is 4.79 Å². The summed E-state index contributed by atoms with van der Waals surface area (Å²) < 4.78 is 4.60. The third-order valence-corrected chi connectivity index (χ3v) is 1.99. The van der Waals surface area contributed by atoms with Crippen molar-refractivity contribution in [1.82, 2.24) is 0 Å². The summed E-state index contributed by atoms with van der Waals surface area (Å²) in [5.41, 5.74) is 0.948. The van der Waals surface area contributed by atoms with Crippen LogP contribution >= 0.6 is 11.6 Å². The van der Waals surface area contributed by atoms with E-state index in [1.807, 2.05) is 6.07 Å². The van der Waals surface area contributed by atoms with Gasteiger partial charge in [-0.1, -0.05) is 17.7 Å². The quantitative estimate of drug-likeness (QED) is 0.570. The van der Waals surface area contributed by atoms with E-state index in [2.05, 4.69) is 4.74 Å². The number of allylic oxidation sites excluding steroid dienone is 1. The molecule has 0 spiro atoms. The fourth-order valence-corrected chi connectivity index (χ4v) is 1.26. The molecule has 0 saturated heterocycles. The molecule has 0 aromatic heterocycles. The maximum absolute atomic E-state index is 11.4. The summed E-state index contributed by atoms with van der Waals surface area (Å²) in [6, 6.07) is 6.65. The monoisotopic (exact) mass is 221 g/mol. The van der Waals surface area contributed by atoms with Crippen molar-refractivity contribution >= 4 is 23.6 Å². The highest BCUT2D eigenvalue weighted by atomic mass is 35.5. The Kier molecular flexibility index (Phi) is 3.90. The van der Waals surface area contributed by atoms with Gasteiger partial charge in [0.05, 0.1) is 18.7 Å². The minimum atomic E-state index is -0.477. The minimum Gasteiger partial charge on any atom is -0.465 e. The molecular formula is C11H8ClNO2. The van der Waals surface area contributed by atoms with Crippen LogP contribution in [0.5, 0.6) is 0 Å². The highest BCUT2D eigenvalue weighted by Crippen LogP contribution is 2.18. The Labute approximate surface area is 92.5 Å². The van der Waals surface area contributed by atoms with Gasteiger partial charge in [-0.3, -0.25) is 0 Å². The molecule has 1 rings (SSSR count). The van der Waals surface area contributed by atoms with E-state index in [1.165, 1.54) is 25.3 Å². The molecular weight excluding hydrogens is 214 g/mol. The van der Waals surface area contributed by atoms with Crippen molar-refractivity contribution in [2.45, 2.75) is 0 Å². The molecule has 0 amide bonds. The number of benzene rings is 1. The van der Waals surface area contributed by atoms with Crippen LogP contribution in [0.25, 0.3) is 6.08 Å². The molecule has 15 heavy (non-hydrogen) atoms. The van der Waals surface area contributed by atoms with Crippen molar-refractivity contribution in [2.24, 2.45) is 0 Å². The van der Waals surface area contributed by atoms with Crippen LogP contribution in [0.3, 0.4) is 0 Å². The Morgan fingerprint density at radius 2 is 2.33 bits per heavy atom. The highest BCUT2D eigenvalue weighted by Gasteiger charge is 2.10. The van der Waals surface area contributed by atoms with E-state index >= 15 is 0 Å². The first-order valence-electron chi connectivity index (χ1n) is 4.13. The Morgan fingerprint density at radius 1 is 1.60 bits per heavy atom. The summed E-state index contributed by atoms with van der Waals surface area (Å²) >= 11 is 5.76. The second-order valence-electron chi connectivity index (χ2n) is 2.69. The molecule has 0 unspecified atom stereocenters. The first kappa shape index (κ1) is 11.3. The third kappa shape index (κ3) is 2.83. The average Bonchev–Trinajstić information content (AvgIpc) is 2.26. The molecule has 1 aromatic carbocycles. The molecule has 4 heteroatoms. The lowest BCUT2D eigenvalue weighted by atomic mass is 10.1. The molecule has 1 aromatic rings. The number of hydrogen-bond acceptors (Lipinski definition) is 3. The number of esters is 1. The Balaban J connectivity index is 3.21. The highest BCUT2D eigenvalue weighted by molar-refractivity contribution is 6.31. The summed E-state index contributed by atoms with van der Waals surface area (Å²) in [4.78, 5) is 11.4. The van der Waals surface area contributed by atoms with E-state index in [4.69, 9.17) is 16.9 Å². The molecule has 0 radical (unpaired) electrons. The lowest BCUT2D eigenvalue weighted by Crippen LogP contribution is -2.03. The van der Waals surface area contributed by atoms with Crippen molar-refractivity contribution < 1.29 is 9.53 Å². The molecule has 0 aliphatic rings. The summed E-state index contributed by atoms with van der Waals surface area (Å²) in [6.45, 7) is 0. The molecule has 0 fully saturated rings. The molecule has 0 saturated carbocycles. The zero-order valence-electron chi connectivity index (χ0n) is 8.03. The van der Waals surface area contributed by atoms with Gasteiger partial charge in [-0.2, -0.15) is 5.26 Å². The van der Waals surface area contributed by atoms with Crippen LogP contribution in [0.2, 0.25) is 5.02 Å². The van der Waals surface area contributed by atoms with Crippen LogP contribution in [-0.4, -0.2) is 13.1 Å². The molecule has 0 heterocycles. The third-order valence-electron chi connectivity index (χ3n) is 1.76. The van der Waals surface area contributed by atoms with Crippen molar-refractivity contribution in [1.29, 1.82) is 5.26 Å². The fourth-order valence-electron chi connectivity index (χ4n) is 1.09. The van der Waals surface area contributed by atoms with Gasteiger partial charge in [-0.25, -0.2) is 4.79 Å². The van der Waals surface area contributed by atoms with Crippen LogP contribution in [0, 0.1) is 11.3 Å². The lowest BCUT2D eigenvalue weighted by Gasteiger charge is -2.03. The average molecular weight is 222 g/mol. The second-order valence-corrected chi connectivity index (χ2v) is 3.12. The van der Waals surface area contributed by atoms with E-state index < -0.39 is 5.97 Å². The van der Waals surface area contributed by atoms with E-state index in [0.29, 0.717) is 16.1 Å². The second kappa shape index (κ2) is 5.18. The molecule has 0 N–H and O–H groups in total. The summed E-state index contributed by atoms with van der Waals surface area (Å²) in [5.74, 6) is -0.477. The van der Waals surface area contributed by atoms with Gasteiger partial charge in [-0.05, 0) is 23.8 Å². The van der Waals surface area contributed by atoms with Crippen LogP contribution in [0.15, 0.2) is 24.3 Å². The largest absolute Gasteiger partial charge is 0.465 e. The number of nitriles is 1. The number of rotatable bonds is 2. The molecule has 0 atom stereocenters. The Hall–Kier alpha value is -1.79. The maximum Gasteiger partial charge on any atom is 0.338 e. The van der Waals surface area contributed by atoms with Gasteiger partial charge in [-0.15, -0.1) is 0 Å². The lowest BCUT2D eigenvalue weighted by molar-refractivity contribution is 0.0600. The number of hydrogen-bond donors (Lipinski definition) is 0. The van der Waals surface area contributed by atoms with Gasteiger partial charge in [0.2, 0.25) is 0 Å². The first-order chi connectivity index (χ1) is 7.19. The first-order valence-corrected chi connectivity index (χ1v) is 4.51. The number of carbonyl (C=O) groups excluding carboxylic acids is 1. The predicted molar refractivity (Wildman–Crippen MR) is 57.4 cm³/mol. The maximum atomic E-state index is 11.4. The van der Waals surface area contributed by atoms with Gasteiger partial charge < -0.3 is 4.74 Å². The normalized spacial score (nSPS) is 9.93. The van der Waals surface area contributed by atoms with Crippen LogP contribution in [0.4, 0.5) is 0 Å². The molecule has 0 aliphatic carbocycles. The molecule has 0 aliphatic heterocycles. The van der Waals surface area contributed by atoms with Gasteiger partial charge in [0.1, 0.15) is 0 Å². The predicted octanol–water partition coefficient (Wildman–Crippen LogP) is 2.66. The summed E-state index contributed by atoms with van der Waals surface area (Å²) in [7, 11) is 1.29. The zero-order chi connectivity index (χ0) is 11.3. The topological polar surface area (TPSA) is 50.1 Å². The number of halogens is 1. The molecule has 76 valence electrons. The number of carbonyl (C=O) groups is 1. The Bertz CT molecular complexity index is 446. The molecule has 0 bridgehead atoms. The van der Waals surface area contributed by atoms with Crippen LogP contribution in [-0.2, 0) is 4.74 Å².